The van der Waals surface area contributed by atoms with Gasteiger partial charge in [-0.1, -0.05) is 38.9 Å². The molecule has 0 aliphatic carbocycles. The molecule has 1 radical (unpaired) electrons. The van der Waals surface area contributed by atoms with Crippen LogP contribution in [0, 0.1) is 5.92 Å². The fraction of sp³-hybridized carbons (Fsp3) is 0.857. The summed E-state index contributed by atoms with van der Waals surface area (Å²) in [5, 5.41) is 2.74. The average molecular weight is 129 g/mol. The smallest absolute Gasteiger partial charge is 0.0294 e. The highest BCUT2D eigenvalue weighted by atomic mass is 32.1. The predicted molar refractivity (Wildman–Crippen MR) is 41.3 cm³/mol. The molecule has 0 aromatic carbocycles. The first-order valence-corrected chi connectivity index (χ1v) is 3.57. The van der Waals surface area contributed by atoms with Gasteiger partial charge in [-0.15, -0.1) is 0 Å². The lowest BCUT2D eigenvalue weighted by atomic mass is 10.0. The van der Waals surface area contributed by atoms with E-state index in [1.165, 1.54) is 12.8 Å². The second-order valence-electron chi connectivity index (χ2n) is 2.24. The average Bonchev–Trinajstić information content (AvgIpc) is 1.68. The summed E-state index contributed by atoms with van der Waals surface area (Å²) < 4.78 is 0. The lowest BCUT2D eigenvalue weighted by Crippen LogP contribution is -1.92. The standard InChI is InChI=1S/C7H13S/c1-3-4-7(2)5-6-8/h7H,3-5H2,1-2H3. The van der Waals surface area contributed by atoms with Crippen LogP contribution in [0.5, 0.6) is 0 Å². The Labute approximate surface area is 57.3 Å². The van der Waals surface area contributed by atoms with Gasteiger partial charge in [-0.2, -0.15) is 0 Å². The first kappa shape index (κ1) is 8.09. The minimum Gasteiger partial charge on any atom is -0.0837 e. The number of hydrogen-bond donors (Lipinski definition) is 0. The van der Waals surface area contributed by atoms with Crippen LogP contribution in [0.4, 0.5) is 0 Å². The van der Waals surface area contributed by atoms with Crippen molar-refractivity contribution in [3.05, 3.63) is 0 Å². The molecule has 0 bridgehead atoms. The van der Waals surface area contributed by atoms with Crippen molar-refractivity contribution in [1.29, 1.82) is 0 Å². The molecule has 0 rings (SSSR count). The quantitative estimate of drug-likeness (QED) is 0.526. The van der Waals surface area contributed by atoms with Gasteiger partial charge in [0.25, 0.3) is 0 Å². The van der Waals surface area contributed by atoms with E-state index in [9.17, 15) is 0 Å². The summed E-state index contributed by atoms with van der Waals surface area (Å²) in [5.41, 5.74) is 0. The van der Waals surface area contributed by atoms with Crippen LogP contribution in [0.25, 0.3) is 0 Å². The van der Waals surface area contributed by atoms with Gasteiger partial charge in [-0.3, -0.25) is 0 Å². The van der Waals surface area contributed by atoms with E-state index in [0.29, 0.717) is 0 Å². The summed E-state index contributed by atoms with van der Waals surface area (Å²) in [6.45, 7) is 4.41. The zero-order valence-electron chi connectivity index (χ0n) is 5.61. The first-order valence-electron chi connectivity index (χ1n) is 3.16. The van der Waals surface area contributed by atoms with Gasteiger partial charge in [0.15, 0.2) is 0 Å². The van der Waals surface area contributed by atoms with Crippen LogP contribution in [0.2, 0.25) is 0 Å². The molecule has 1 atom stereocenters. The zero-order valence-corrected chi connectivity index (χ0v) is 6.42. The molecule has 0 nitrogen and oxygen atoms in total. The molecule has 0 aliphatic heterocycles. The highest BCUT2D eigenvalue weighted by molar-refractivity contribution is 7.78. The van der Waals surface area contributed by atoms with Crippen LogP contribution < -0.4 is 0 Å². The van der Waals surface area contributed by atoms with Crippen molar-refractivity contribution in [2.24, 2.45) is 5.92 Å². The molecular formula is C7H13S. The molecule has 1 unspecified atom stereocenters. The van der Waals surface area contributed by atoms with Gasteiger partial charge in [0.2, 0.25) is 0 Å². The minimum atomic E-state index is 0.748. The first-order chi connectivity index (χ1) is 3.81. The van der Waals surface area contributed by atoms with E-state index in [1.54, 1.807) is 0 Å². The molecule has 0 spiro atoms. The Morgan fingerprint density at radius 3 is 2.62 bits per heavy atom. The van der Waals surface area contributed by atoms with Gasteiger partial charge in [0.1, 0.15) is 0 Å². The summed E-state index contributed by atoms with van der Waals surface area (Å²) in [6, 6.07) is 0. The van der Waals surface area contributed by atoms with E-state index in [4.69, 9.17) is 0 Å². The van der Waals surface area contributed by atoms with E-state index < -0.39 is 0 Å². The number of rotatable bonds is 4. The molecule has 0 N–H and O–H groups in total. The van der Waals surface area contributed by atoms with Gasteiger partial charge < -0.3 is 0 Å². The maximum atomic E-state index is 4.59. The molecule has 0 aliphatic rings. The SMILES string of the molecule is CCCC(C)C[C]=S. The molecular weight excluding hydrogens is 116 g/mol. The van der Waals surface area contributed by atoms with E-state index >= 15 is 0 Å². The largest absolute Gasteiger partial charge is 0.0837 e. The summed E-state index contributed by atoms with van der Waals surface area (Å²) in [7, 11) is 0. The van der Waals surface area contributed by atoms with Gasteiger partial charge in [0, 0.05) is 5.37 Å². The molecule has 0 aromatic heterocycles. The molecule has 1 heteroatoms. The van der Waals surface area contributed by atoms with E-state index in [2.05, 4.69) is 31.4 Å². The van der Waals surface area contributed by atoms with Crippen molar-refractivity contribution in [3.8, 4) is 0 Å². The van der Waals surface area contributed by atoms with Crippen molar-refractivity contribution < 1.29 is 0 Å². The Hall–Kier alpha value is 0.0900. The van der Waals surface area contributed by atoms with Crippen LogP contribution in [0.3, 0.4) is 0 Å². The predicted octanol–water partition coefficient (Wildman–Crippen LogP) is 2.69. The minimum absolute atomic E-state index is 0.748. The maximum Gasteiger partial charge on any atom is 0.0294 e. The van der Waals surface area contributed by atoms with Crippen LogP contribution in [-0.4, -0.2) is 5.37 Å². The number of hydrogen-bond acceptors (Lipinski definition) is 1. The highest BCUT2D eigenvalue weighted by Gasteiger charge is 1.95. The Morgan fingerprint density at radius 1 is 1.62 bits per heavy atom. The molecule has 47 valence electrons. The fourth-order valence-electron chi connectivity index (χ4n) is 0.737. The van der Waals surface area contributed by atoms with Crippen molar-refractivity contribution in [3.63, 3.8) is 0 Å². The van der Waals surface area contributed by atoms with Crippen molar-refractivity contribution in [2.45, 2.75) is 33.1 Å². The molecule has 8 heavy (non-hydrogen) atoms. The summed E-state index contributed by atoms with van der Waals surface area (Å²) in [5.74, 6) is 0.748. The maximum absolute atomic E-state index is 4.59. The third-order valence-corrected chi connectivity index (χ3v) is 1.38. The third kappa shape index (κ3) is 4.25. The van der Waals surface area contributed by atoms with Crippen LogP contribution in [-0.2, 0) is 0 Å². The number of thiocarbonyl (C=S) groups is 1. The normalized spacial score (nSPS) is 13.2. The van der Waals surface area contributed by atoms with Gasteiger partial charge in [0.05, 0.1) is 0 Å². The van der Waals surface area contributed by atoms with E-state index in [1.807, 2.05) is 0 Å². The Bertz CT molecular complexity index is 59.4. The monoisotopic (exact) mass is 129 g/mol. The van der Waals surface area contributed by atoms with E-state index in [-0.39, 0.29) is 0 Å². The molecule has 0 amide bonds. The molecule has 0 fully saturated rings. The summed E-state index contributed by atoms with van der Waals surface area (Å²) in [4.78, 5) is 0. The Balaban J connectivity index is 3.03. The van der Waals surface area contributed by atoms with Crippen LogP contribution in [0.1, 0.15) is 33.1 Å². The fourth-order valence-corrected chi connectivity index (χ4v) is 1.02. The zero-order chi connectivity index (χ0) is 6.41. The second-order valence-corrected chi connectivity index (χ2v) is 2.53. The Morgan fingerprint density at radius 2 is 2.25 bits per heavy atom. The third-order valence-electron chi connectivity index (χ3n) is 1.21. The molecule has 0 saturated heterocycles. The molecule has 0 heterocycles. The van der Waals surface area contributed by atoms with Crippen molar-refractivity contribution in [2.75, 3.05) is 0 Å². The van der Waals surface area contributed by atoms with Crippen LogP contribution in [0.15, 0.2) is 0 Å². The lowest BCUT2D eigenvalue weighted by Gasteiger charge is -2.02. The van der Waals surface area contributed by atoms with Crippen molar-refractivity contribution in [1.82, 2.24) is 0 Å². The Kier molecular flexibility index (Phi) is 5.29. The second kappa shape index (κ2) is 5.23. The van der Waals surface area contributed by atoms with Crippen LogP contribution >= 0.6 is 12.2 Å². The topological polar surface area (TPSA) is 0 Å². The lowest BCUT2D eigenvalue weighted by molar-refractivity contribution is 0.550. The highest BCUT2D eigenvalue weighted by Crippen LogP contribution is 2.07. The summed E-state index contributed by atoms with van der Waals surface area (Å²) in [6.07, 6.45) is 3.52. The molecule has 0 aromatic rings. The van der Waals surface area contributed by atoms with E-state index in [0.717, 1.165) is 12.3 Å². The molecule has 0 saturated carbocycles. The van der Waals surface area contributed by atoms with Gasteiger partial charge >= 0.3 is 0 Å². The van der Waals surface area contributed by atoms with Crippen molar-refractivity contribution >= 4 is 17.6 Å². The van der Waals surface area contributed by atoms with Gasteiger partial charge in [-0.25, -0.2) is 0 Å². The summed E-state index contributed by atoms with van der Waals surface area (Å²) >= 11 is 4.59. The van der Waals surface area contributed by atoms with Gasteiger partial charge in [-0.05, 0) is 12.3 Å².